The van der Waals surface area contributed by atoms with Crippen LogP contribution in [0.15, 0.2) is 60.6 Å². The number of nitrogens with zero attached hydrogens (tertiary/aromatic N) is 7. The van der Waals surface area contributed by atoms with E-state index in [2.05, 4.69) is 42.9 Å². The van der Waals surface area contributed by atoms with Crippen LogP contribution >= 0.6 is 0 Å². The molecule has 1 amide bonds. The molecule has 6 rings (SSSR count). The minimum Gasteiger partial charge on any atom is -0.320 e. The van der Waals surface area contributed by atoms with E-state index >= 15 is 0 Å². The maximum atomic E-state index is 12.8. The summed E-state index contributed by atoms with van der Waals surface area (Å²) >= 11 is 0. The molecule has 10 heteroatoms. The highest BCUT2D eigenvalue weighted by Crippen LogP contribution is 2.27. The quantitative estimate of drug-likeness (QED) is 0.479. The van der Waals surface area contributed by atoms with Crippen LogP contribution in [-0.2, 0) is 4.79 Å². The van der Waals surface area contributed by atoms with Crippen LogP contribution < -0.4 is 5.32 Å². The SMILES string of the molecule is CN1CCC(n2cc(NC(=O)C3=CC=C(n4cc(-c5n[nH]c6ccccc56)nn4)CC3)cn2)C1. The molecule has 1 aliphatic carbocycles. The predicted molar refractivity (Wildman–Crippen MR) is 129 cm³/mol. The Balaban J connectivity index is 1.14. The van der Waals surface area contributed by atoms with Crippen LogP contribution in [0.1, 0.15) is 25.3 Å². The lowest BCUT2D eigenvalue weighted by atomic mass is 10.0. The first kappa shape index (κ1) is 20.5. The first-order valence-electron chi connectivity index (χ1n) is 11.4. The number of rotatable bonds is 5. The fourth-order valence-electron chi connectivity index (χ4n) is 4.62. The topological polar surface area (TPSA) is 110 Å². The first-order valence-corrected chi connectivity index (χ1v) is 11.4. The van der Waals surface area contributed by atoms with E-state index in [-0.39, 0.29) is 5.91 Å². The fraction of sp³-hybridized carbons (Fsp3) is 0.292. The Morgan fingerprint density at radius 2 is 2.09 bits per heavy atom. The minimum absolute atomic E-state index is 0.0966. The number of allylic oxidation sites excluding steroid dienone is 3. The Morgan fingerprint density at radius 3 is 2.91 bits per heavy atom. The number of hydrogen-bond donors (Lipinski definition) is 2. The Labute approximate surface area is 195 Å². The van der Waals surface area contributed by atoms with E-state index in [1.165, 1.54) is 0 Å². The highest BCUT2D eigenvalue weighted by molar-refractivity contribution is 6.04. The van der Waals surface area contributed by atoms with Gasteiger partial charge >= 0.3 is 0 Å². The maximum Gasteiger partial charge on any atom is 0.251 e. The van der Waals surface area contributed by atoms with Crippen molar-refractivity contribution in [2.45, 2.75) is 25.3 Å². The Kier molecular flexibility index (Phi) is 5.06. The van der Waals surface area contributed by atoms with Crippen molar-refractivity contribution >= 4 is 28.2 Å². The summed E-state index contributed by atoms with van der Waals surface area (Å²) in [5.41, 5.74) is 4.88. The number of aromatic nitrogens is 7. The predicted octanol–water partition coefficient (Wildman–Crippen LogP) is 3.09. The van der Waals surface area contributed by atoms with Crippen molar-refractivity contribution in [2.75, 3.05) is 25.5 Å². The molecule has 0 saturated carbocycles. The summed E-state index contributed by atoms with van der Waals surface area (Å²) in [5.74, 6) is -0.0966. The summed E-state index contributed by atoms with van der Waals surface area (Å²) in [6.45, 7) is 2.05. The summed E-state index contributed by atoms with van der Waals surface area (Å²) in [6.07, 6.45) is 11.7. The smallest absolute Gasteiger partial charge is 0.251 e. The van der Waals surface area contributed by atoms with Gasteiger partial charge in [-0.05, 0) is 45.0 Å². The number of H-pyrrole nitrogens is 1. The summed E-state index contributed by atoms with van der Waals surface area (Å²) in [7, 11) is 2.11. The van der Waals surface area contributed by atoms with E-state index in [4.69, 9.17) is 0 Å². The molecule has 0 radical (unpaired) electrons. The van der Waals surface area contributed by atoms with E-state index in [0.29, 0.717) is 24.6 Å². The summed E-state index contributed by atoms with van der Waals surface area (Å²) < 4.78 is 3.71. The van der Waals surface area contributed by atoms with E-state index < -0.39 is 0 Å². The molecular formula is C24H25N9O. The molecule has 1 aromatic carbocycles. The minimum atomic E-state index is -0.0966. The van der Waals surface area contributed by atoms with Gasteiger partial charge in [0.15, 0.2) is 0 Å². The lowest BCUT2D eigenvalue weighted by Crippen LogP contribution is -2.17. The number of fused-ring (bicyclic) bond motifs is 1. The number of anilines is 1. The lowest BCUT2D eigenvalue weighted by Gasteiger charge is -2.14. The Bertz CT molecular complexity index is 1420. The van der Waals surface area contributed by atoms with Gasteiger partial charge in [0.1, 0.15) is 11.4 Å². The highest BCUT2D eigenvalue weighted by atomic mass is 16.1. The zero-order chi connectivity index (χ0) is 23.1. The molecule has 0 bridgehead atoms. The Morgan fingerprint density at radius 1 is 1.18 bits per heavy atom. The number of carbonyl (C=O) groups excluding carboxylic acids is 1. The van der Waals surface area contributed by atoms with Gasteiger partial charge in [0.05, 0.1) is 29.6 Å². The first-order chi connectivity index (χ1) is 16.6. The third kappa shape index (κ3) is 3.81. The lowest BCUT2D eigenvalue weighted by molar-refractivity contribution is -0.113. The zero-order valence-electron chi connectivity index (χ0n) is 18.8. The molecule has 2 N–H and O–H groups in total. The largest absolute Gasteiger partial charge is 0.320 e. The number of benzene rings is 1. The van der Waals surface area contributed by atoms with Gasteiger partial charge in [0.25, 0.3) is 5.91 Å². The van der Waals surface area contributed by atoms with Crippen molar-refractivity contribution in [1.29, 1.82) is 0 Å². The Hall–Kier alpha value is -4.05. The average Bonchev–Trinajstić information content (AvgIpc) is 3.65. The molecule has 1 atom stereocenters. The zero-order valence-corrected chi connectivity index (χ0v) is 18.8. The second-order valence-electron chi connectivity index (χ2n) is 8.88. The van der Waals surface area contributed by atoms with Gasteiger partial charge in [-0.1, -0.05) is 29.5 Å². The molecule has 1 saturated heterocycles. The number of hydrogen-bond acceptors (Lipinski definition) is 6. The summed E-state index contributed by atoms with van der Waals surface area (Å²) in [6, 6.07) is 8.30. The van der Waals surface area contributed by atoms with Crippen LogP contribution in [0.3, 0.4) is 0 Å². The third-order valence-corrected chi connectivity index (χ3v) is 6.52. The molecule has 2 aliphatic rings. The highest BCUT2D eigenvalue weighted by Gasteiger charge is 2.22. The summed E-state index contributed by atoms with van der Waals surface area (Å²) in [5, 5.41) is 24.5. The normalized spacial score (nSPS) is 18.8. The van der Waals surface area contributed by atoms with Crippen LogP contribution in [0.2, 0.25) is 0 Å². The summed E-state index contributed by atoms with van der Waals surface area (Å²) in [4.78, 5) is 15.1. The van der Waals surface area contributed by atoms with E-state index in [0.717, 1.165) is 53.1 Å². The number of amides is 1. The van der Waals surface area contributed by atoms with Crippen molar-refractivity contribution < 1.29 is 4.79 Å². The maximum absolute atomic E-state index is 12.8. The molecule has 10 nitrogen and oxygen atoms in total. The number of nitrogens with one attached hydrogen (secondary N) is 2. The van der Waals surface area contributed by atoms with Crippen molar-refractivity contribution in [3.05, 3.63) is 60.6 Å². The van der Waals surface area contributed by atoms with E-state index in [1.54, 1.807) is 10.9 Å². The van der Waals surface area contributed by atoms with Crippen molar-refractivity contribution in [1.82, 2.24) is 39.9 Å². The van der Waals surface area contributed by atoms with E-state index in [1.807, 2.05) is 53.5 Å². The van der Waals surface area contributed by atoms with Crippen molar-refractivity contribution in [2.24, 2.45) is 0 Å². The van der Waals surface area contributed by atoms with Crippen LogP contribution in [0.4, 0.5) is 5.69 Å². The van der Waals surface area contributed by atoms with Crippen LogP contribution in [0.5, 0.6) is 0 Å². The monoisotopic (exact) mass is 455 g/mol. The molecule has 1 aliphatic heterocycles. The second kappa shape index (κ2) is 8.38. The van der Waals surface area contributed by atoms with Gasteiger partial charge in [0.2, 0.25) is 0 Å². The van der Waals surface area contributed by atoms with Crippen LogP contribution in [0.25, 0.3) is 28.0 Å². The average molecular weight is 456 g/mol. The number of aromatic amines is 1. The molecule has 3 aromatic heterocycles. The molecule has 4 heterocycles. The van der Waals surface area contributed by atoms with Gasteiger partial charge in [-0.15, -0.1) is 5.10 Å². The number of likely N-dealkylation sites (tertiary alicyclic amines) is 1. The van der Waals surface area contributed by atoms with Gasteiger partial charge < -0.3 is 10.2 Å². The molecule has 4 aromatic rings. The molecule has 34 heavy (non-hydrogen) atoms. The third-order valence-electron chi connectivity index (χ3n) is 6.52. The molecule has 0 spiro atoms. The number of para-hydroxylation sites is 1. The fourth-order valence-corrected chi connectivity index (χ4v) is 4.62. The van der Waals surface area contributed by atoms with Gasteiger partial charge in [-0.2, -0.15) is 10.2 Å². The number of likely N-dealkylation sites (N-methyl/N-ethyl adjacent to an activating group) is 1. The number of carbonyl (C=O) groups is 1. The van der Waals surface area contributed by atoms with Gasteiger partial charge in [-0.25, -0.2) is 4.68 Å². The molecule has 1 unspecified atom stereocenters. The standard InChI is InChI=1S/C24H25N9O/c1-31-11-10-19(14-31)32-13-17(12-25-32)26-24(34)16-6-8-18(9-7-16)33-15-22(28-30-33)23-20-4-2-3-5-21(20)27-29-23/h2-6,8,12-13,15,19H,7,9-11,14H2,1H3,(H,26,34)(H,27,29). The van der Waals surface area contributed by atoms with Gasteiger partial charge in [-0.3, -0.25) is 14.6 Å². The molecular weight excluding hydrogens is 430 g/mol. The second-order valence-corrected chi connectivity index (χ2v) is 8.88. The van der Waals surface area contributed by atoms with Crippen molar-refractivity contribution in [3.8, 4) is 11.4 Å². The molecule has 1 fully saturated rings. The van der Waals surface area contributed by atoms with Gasteiger partial charge in [0, 0.05) is 29.4 Å². The van der Waals surface area contributed by atoms with Crippen LogP contribution in [0, 0.1) is 0 Å². The molecule has 172 valence electrons. The van der Waals surface area contributed by atoms with Crippen LogP contribution in [-0.4, -0.2) is 65.9 Å². The van der Waals surface area contributed by atoms with Crippen molar-refractivity contribution in [3.63, 3.8) is 0 Å². The van der Waals surface area contributed by atoms with E-state index in [9.17, 15) is 4.79 Å².